The summed E-state index contributed by atoms with van der Waals surface area (Å²) < 4.78 is 0. The van der Waals surface area contributed by atoms with E-state index in [1.54, 1.807) is 11.8 Å². The molecule has 0 bridgehead atoms. The summed E-state index contributed by atoms with van der Waals surface area (Å²) in [5.74, 6) is 1.07. The van der Waals surface area contributed by atoms with Gasteiger partial charge in [0.05, 0.1) is 0 Å². The summed E-state index contributed by atoms with van der Waals surface area (Å²) in [6.07, 6.45) is 4.96. The number of hydrogen-bond donors (Lipinski definition) is 2. The molecule has 1 aromatic heterocycles. The Bertz CT molecular complexity index is 535. The van der Waals surface area contributed by atoms with E-state index in [0.717, 1.165) is 23.1 Å². The van der Waals surface area contributed by atoms with Crippen molar-refractivity contribution in [1.29, 1.82) is 0 Å². The second-order valence-corrected chi connectivity index (χ2v) is 5.42. The van der Waals surface area contributed by atoms with Crippen LogP contribution in [0.15, 0.2) is 30.5 Å². The minimum absolute atomic E-state index is 0.0000954. The number of amides is 1. The number of carbonyl (C=O) groups is 1. The average molecular weight is 262 g/mol. The van der Waals surface area contributed by atoms with Gasteiger partial charge in [-0.15, -0.1) is 0 Å². The normalized spacial score (nSPS) is 12.6. The van der Waals surface area contributed by atoms with Crippen LogP contribution in [0, 0.1) is 0 Å². The number of benzene rings is 1. The molecule has 2 rings (SSSR count). The van der Waals surface area contributed by atoms with Gasteiger partial charge in [0.15, 0.2) is 0 Å². The Kier molecular flexibility index (Phi) is 4.31. The van der Waals surface area contributed by atoms with Crippen LogP contribution in [0.1, 0.15) is 23.7 Å². The van der Waals surface area contributed by atoms with Gasteiger partial charge in [0.1, 0.15) is 0 Å². The highest BCUT2D eigenvalue weighted by molar-refractivity contribution is 7.98. The molecule has 1 heterocycles. The summed E-state index contributed by atoms with van der Waals surface area (Å²) in [6, 6.07) is 7.94. The first-order valence-electron chi connectivity index (χ1n) is 6.07. The Morgan fingerprint density at radius 3 is 3.06 bits per heavy atom. The van der Waals surface area contributed by atoms with Crippen molar-refractivity contribution in [3.8, 4) is 0 Å². The van der Waals surface area contributed by atoms with E-state index in [4.69, 9.17) is 0 Å². The van der Waals surface area contributed by atoms with E-state index < -0.39 is 0 Å². The molecule has 0 spiro atoms. The van der Waals surface area contributed by atoms with Crippen molar-refractivity contribution in [3.05, 3.63) is 36.0 Å². The van der Waals surface area contributed by atoms with E-state index in [-0.39, 0.29) is 11.9 Å². The Hall–Kier alpha value is -1.42. The zero-order valence-corrected chi connectivity index (χ0v) is 11.5. The zero-order chi connectivity index (χ0) is 13.0. The number of H-pyrrole nitrogens is 1. The van der Waals surface area contributed by atoms with Gasteiger partial charge in [-0.3, -0.25) is 4.79 Å². The first kappa shape index (κ1) is 13.0. The van der Waals surface area contributed by atoms with E-state index in [1.165, 1.54) is 0 Å². The monoisotopic (exact) mass is 262 g/mol. The molecule has 0 saturated carbocycles. The summed E-state index contributed by atoms with van der Waals surface area (Å²) in [6.45, 7) is 2.04. The number of aromatic nitrogens is 1. The molecular weight excluding hydrogens is 244 g/mol. The van der Waals surface area contributed by atoms with Crippen LogP contribution >= 0.6 is 11.8 Å². The van der Waals surface area contributed by atoms with E-state index in [9.17, 15) is 4.79 Å². The lowest BCUT2D eigenvalue weighted by Crippen LogP contribution is -2.32. The van der Waals surface area contributed by atoms with E-state index in [1.807, 2.05) is 37.4 Å². The van der Waals surface area contributed by atoms with Crippen LogP contribution in [0.4, 0.5) is 0 Å². The number of nitrogens with one attached hydrogen (secondary N) is 2. The number of fused-ring (bicyclic) bond motifs is 1. The van der Waals surface area contributed by atoms with Crippen LogP contribution in [0.5, 0.6) is 0 Å². The van der Waals surface area contributed by atoms with Crippen LogP contribution in [0.2, 0.25) is 0 Å². The standard InChI is InChI=1S/C14H18N2OS/c1-10(6-8-18-2)16-14(17)12-4-3-11-5-7-15-13(11)9-12/h3-5,7,9-10,15H,6,8H2,1-2H3,(H,16,17)/t10-/m0/s1. The fourth-order valence-corrected chi connectivity index (χ4v) is 2.45. The predicted molar refractivity (Wildman–Crippen MR) is 78.2 cm³/mol. The van der Waals surface area contributed by atoms with Gasteiger partial charge in [0, 0.05) is 23.3 Å². The molecule has 1 amide bonds. The lowest BCUT2D eigenvalue weighted by molar-refractivity contribution is 0.0939. The topological polar surface area (TPSA) is 44.9 Å². The molecule has 2 aromatic rings. The summed E-state index contributed by atoms with van der Waals surface area (Å²) in [7, 11) is 0. The predicted octanol–water partition coefficient (Wildman–Crippen LogP) is 3.04. The van der Waals surface area contributed by atoms with Crippen molar-refractivity contribution in [2.24, 2.45) is 0 Å². The lowest BCUT2D eigenvalue weighted by Gasteiger charge is -2.13. The Balaban J connectivity index is 2.03. The quantitative estimate of drug-likeness (QED) is 0.870. The van der Waals surface area contributed by atoms with Gasteiger partial charge >= 0.3 is 0 Å². The number of aromatic amines is 1. The Labute approximate surface area is 111 Å². The SMILES string of the molecule is CSCC[C@H](C)NC(=O)c1ccc2cc[nH]c2c1. The summed E-state index contributed by atoms with van der Waals surface area (Å²) in [5, 5.41) is 4.15. The summed E-state index contributed by atoms with van der Waals surface area (Å²) in [5.41, 5.74) is 1.71. The molecule has 96 valence electrons. The first-order chi connectivity index (χ1) is 8.70. The molecule has 0 radical (unpaired) electrons. The van der Waals surface area contributed by atoms with Gasteiger partial charge < -0.3 is 10.3 Å². The third kappa shape index (κ3) is 3.07. The van der Waals surface area contributed by atoms with Gasteiger partial charge in [0.2, 0.25) is 0 Å². The molecule has 0 aliphatic heterocycles. The van der Waals surface area contributed by atoms with Crippen molar-refractivity contribution in [2.45, 2.75) is 19.4 Å². The molecular formula is C14H18N2OS. The number of rotatable bonds is 5. The van der Waals surface area contributed by atoms with Crippen LogP contribution < -0.4 is 5.32 Å². The molecule has 1 atom stereocenters. The molecule has 0 unspecified atom stereocenters. The Morgan fingerprint density at radius 1 is 1.44 bits per heavy atom. The Morgan fingerprint density at radius 2 is 2.28 bits per heavy atom. The molecule has 0 aliphatic carbocycles. The number of thioether (sulfide) groups is 1. The van der Waals surface area contributed by atoms with Gasteiger partial charge in [-0.2, -0.15) is 11.8 Å². The van der Waals surface area contributed by atoms with Crippen LogP contribution in [0.3, 0.4) is 0 Å². The average Bonchev–Trinajstić information content (AvgIpc) is 2.83. The molecule has 0 saturated heterocycles. The molecule has 0 aliphatic rings. The summed E-state index contributed by atoms with van der Waals surface area (Å²) in [4.78, 5) is 15.2. The van der Waals surface area contributed by atoms with Gasteiger partial charge in [-0.05, 0) is 48.9 Å². The third-order valence-corrected chi connectivity index (χ3v) is 3.59. The number of carbonyl (C=O) groups excluding carboxylic acids is 1. The highest BCUT2D eigenvalue weighted by atomic mass is 32.2. The maximum atomic E-state index is 12.1. The maximum absolute atomic E-state index is 12.1. The van der Waals surface area contributed by atoms with Crippen LogP contribution in [-0.2, 0) is 0 Å². The second-order valence-electron chi connectivity index (χ2n) is 4.44. The highest BCUT2D eigenvalue weighted by Gasteiger charge is 2.10. The molecule has 1 aromatic carbocycles. The van der Waals surface area contributed by atoms with Crippen molar-refractivity contribution in [3.63, 3.8) is 0 Å². The first-order valence-corrected chi connectivity index (χ1v) is 7.47. The molecule has 3 nitrogen and oxygen atoms in total. The van der Waals surface area contributed by atoms with Gasteiger partial charge in [-0.1, -0.05) is 6.07 Å². The third-order valence-electron chi connectivity index (χ3n) is 2.95. The number of hydrogen-bond acceptors (Lipinski definition) is 2. The fraction of sp³-hybridized carbons (Fsp3) is 0.357. The minimum atomic E-state index is 0.0000954. The van der Waals surface area contributed by atoms with Crippen LogP contribution in [0.25, 0.3) is 10.9 Å². The minimum Gasteiger partial charge on any atom is -0.361 e. The van der Waals surface area contributed by atoms with Gasteiger partial charge in [0.25, 0.3) is 5.91 Å². The maximum Gasteiger partial charge on any atom is 0.251 e. The fourth-order valence-electron chi connectivity index (χ4n) is 1.86. The molecule has 18 heavy (non-hydrogen) atoms. The second kappa shape index (κ2) is 5.96. The van der Waals surface area contributed by atoms with Crippen molar-refractivity contribution < 1.29 is 4.79 Å². The smallest absolute Gasteiger partial charge is 0.251 e. The van der Waals surface area contributed by atoms with Crippen molar-refractivity contribution in [2.75, 3.05) is 12.0 Å². The van der Waals surface area contributed by atoms with Gasteiger partial charge in [-0.25, -0.2) is 0 Å². The van der Waals surface area contributed by atoms with Crippen molar-refractivity contribution in [1.82, 2.24) is 10.3 Å². The lowest BCUT2D eigenvalue weighted by atomic mass is 10.1. The zero-order valence-electron chi connectivity index (χ0n) is 10.7. The summed E-state index contributed by atoms with van der Waals surface area (Å²) >= 11 is 1.80. The molecule has 2 N–H and O–H groups in total. The largest absolute Gasteiger partial charge is 0.361 e. The van der Waals surface area contributed by atoms with E-state index >= 15 is 0 Å². The van der Waals surface area contributed by atoms with E-state index in [0.29, 0.717) is 5.56 Å². The molecule has 4 heteroatoms. The van der Waals surface area contributed by atoms with Crippen LogP contribution in [-0.4, -0.2) is 28.9 Å². The highest BCUT2D eigenvalue weighted by Crippen LogP contribution is 2.14. The van der Waals surface area contributed by atoms with Crippen molar-refractivity contribution >= 4 is 28.6 Å². The van der Waals surface area contributed by atoms with E-state index in [2.05, 4.69) is 16.6 Å². The molecule has 0 fully saturated rings.